The van der Waals surface area contributed by atoms with Crippen LogP contribution in [0.2, 0.25) is 0 Å². The Morgan fingerprint density at radius 2 is 2.33 bits per heavy atom. The number of methoxy groups -OCH3 is 1. The Kier molecular flexibility index (Phi) is 4.00. The summed E-state index contributed by atoms with van der Waals surface area (Å²) in [6, 6.07) is 0. The van der Waals surface area contributed by atoms with Gasteiger partial charge in [-0.25, -0.2) is 0 Å². The van der Waals surface area contributed by atoms with Crippen molar-refractivity contribution in [1.29, 1.82) is 0 Å². The van der Waals surface area contributed by atoms with Gasteiger partial charge in [-0.05, 0) is 43.6 Å². The lowest BCUT2D eigenvalue weighted by Crippen LogP contribution is -2.23. The fraction of sp³-hybridized carbons (Fsp3) is 1.00. The van der Waals surface area contributed by atoms with Crippen molar-refractivity contribution < 1.29 is 9.47 Å². The number of hydrogen-bond donors (Lipinski definition) is 1. The molecule has 1 aliphatic carbocycles. The molecule has 0 aromatic carbocycles. The van der Waals surface area contributed by atoms with E-state index in [2.05, 4.69) is 5.32 Å². The lowest BCUT2D eigenvalue weighted by Gasteiger charge is -2.13. The zero-order valence-electron chi connectivity index (χ0n) is 9.76. The molecule has 2 rings (SSSR count). The second kappa shape index (κ2) is 5.28. The van der Waals surface area contributed by atoms with Crippen LogP contribution in [-0.2, 0) is 9.47 Å². The van der Waals surface area contributed by atoms with Gasteiger partial charge in [0.05, 0.1) is 6.61 Å². The number of nitrogens with one attached hydrogen (secondary N) is 1. The molecule has 2 aliphatic rings. The molecule has 2 unspecified atom stereocenters. The molecule has 2 fully saturated rings. The number of ether oxygens (including phenoxy) is 2. The molecule has 0 aromatic rings. The van der Waals surface area contributed by atoms with Gasteiger partial charge in [0.2, 0.25) is 0 Å². The van der Waals surface area contributed by atoms with E-state index in [4.69, 9.17) is 9.47 Å². The summed E-state index contributed by atoms with van der Waals surface area (Å²) < 4.78 is 10.5. The lowest BCUT2D eigenvalue weighted by molar-refractivity contribution is 0.139. The normalized spacial score (nSPS) is 35.4. The van der Waals surface area contributed by atoms with E-state index in [0.717, 1.165) is 32.3 Å². The fourth-order valence-electron chi connectivity index (χ4n) is 2.81. The highest BCUT2D eigenvalue weighted by Gasteiger charge is 2.52. The quantitative estimate of drug-likeness (QED) is 0.701. The van der Waals surface area contributed by atoms with Gasteiger partial charge in [-0.15, -0.1) is 0 Å². The second-order valence-electron chi connectivity index (χ2n) is 4.93. The Bertz CT molecular complexity index is 188. The zero-order valence-corrected chi connectivity index (χ0v) is 9.76. The molecule has 3 heteroatoms. The van der Waals surface area contributed by atoms with Gasteiger partial charge in [0.1, 0.15) is 0 Å². The highest BCUT2D eigenvalue weighted by Crippen LogP contribution is 2.58. The van der Waals surface area contributed by atoms with E-state index < -0.39 is 0 Å². The summed E-state index contributed by atoms with van der Waals surface area (Å²) in [7, 11) is 1.75. The van der Waals surface area contributed by atoms with Crippen LogP contribution in [0.25, 0.3) is 0 Å². The predicted molar refractivity (Wildman–Crippen MR) is 60.0 cm³/mol. The van der Waals surface area contributed by atoms with Crippen LogP contribution in [0, 0.1) is 11.3 Å². The van der Waals surface area contributed by atoms with Gasteiger partial charge in [0.25, 0.3) is 0 Å². The Morgan fingerprint density at radius 3 is 3.20 bits per heavy atom. The van der Waals surface area contributed by atoms with Gasteiger partial charge in [-0.3, -0.25) is 0 Å². The average Bonchev–Trinajstić information content (AvgIpc) is 2.98. The Balaban J connectivity index is 1.64. The maximum atomic E-state index is 5.52. The molecule has 1 N–H and O–H groups in total. The molecule has 0 radical (unpaired) electrons. The smallest absolute Gasteiger partial charge is 0.0587 e. The van der Waals surface area contributed by atoms with E-state index >= 15 is 0 Å². The van der Waals surface area contributed by atoms with E-state index in [-0.39, 0.29) is 0 Å². The maximum Gasteiger partial charge on any atom is 0.0587 e. The largest absolute Gasteiger partial charge is 0.383 e. The molecule has 1 heterocycles. The predicted octanol–water partition coefficient (Wildman–Crippen LogP) is 1.43. The molecule has 0 aromatic heterocycles. The van der Waals surface area contributed by atoms with Crippen molar-refractivity contribution in [3.05, 3.63) is 0 Å². The van der Waals surface area contributed by atoms with Crippen molar-refractivity contribution in [3.8, 4) is 0 Å². The van der Waals surface area contributed by atoms with E-state index in [9.17, 15) is 0 Å². The first-order valence-electron chi connectivity index (χ1n) is 6.15. The third-order valence-electron chi connectivity index (χ3n) is 3.94. The van der Waals surface area contributed by atoms with Crippen LogP contribution in [0.3, 0.4) is 0 Å². The number of hydrogen-bond acceptors (Lipinski definition) is 3. The van der Waals surface area contributed by atoms with Gasteiger partial charge in [0.15, 0.2) is 0 Å². The Hall–Kier alpha value is -0.120. The summed E-state index contributed by atoms with van der Waals surface area (Å²) in [5.41, 5.74) is 0.649. The van der Waals surface area contributed by atoms with E-state index in [0.29, 0.717) is 5.41 Å². The summed E-state index contributed by atoms with van der Waals surface area (Å²) in [6.07, 6.45) is 5.33. The minimum atomic E-state index is 0.649. The highest BCUT2D eigenvalue weighted by atomic mass is 16.5. The minimum absolute atomic E-state index is 0.649. The molecule has 2 atom stereocenters. The number of rotatable bonds is 5. The average molecular weight is 213 g/mol. The van der Waals surface area contributed by atoms with Crippen molar-refractivity contribution in [2.45, 2.75) is 25.7 Å². The van der Waals surface area contributed by atoms with Crippen LogP contribution < -0.4 is 5.32 Å². The molecule has 1 saturated heterocycles. The molecule has 1 saturated carbocycles. The fourth-order valence-corrected chi connectivity index (χ4v) is 2.81. The first-order chi connectivity index (χ1) is 7.37. The standard InChI is InChI=1S/C12H23NO2/c1-14-8-5-13-10-11-9-12(11)3-2-6-15-7-4-12/h11,13H,2-10H2,1H3. The lowest BCUT2D eigenvalue weighted by atomic mass is 9.94. The van der Waals surface area contributed by atoms with E-state index in [1.807, 2.05) is 0 Å². The van der Waals surface area contributed by atoms with E-state index in [1.165, 1.54) is 32.2 Å². The zero-order chi connectivity index (χ0) is 10.6. The van der Waals surface area contributed by atoms with Crippen LogP contribution >= 0.6 is 0 Å². The van der Waals surface area contributed by atoms with Crippen LogP contribution in [0.15, 0.2) is 0 Å². The molecular weight excluding hydrogens is 190 g/mol. The molecule has 3 nitrogen and oxygen atoms in total. The summed E-state index contributed by atoms with van der Waals surface area (Å²) in [4.78, 5) is 0. The SMILES string of the molecule is COCCNCC1CC12CCCOCC2. The van der Waals surface area contributed by atoms with Crippen LogP contribution in [0.1, 0.15) is 25.7 Å². The topological polar surface area (TPSA) is 30.5 Å². The van der Waals surface area contributed by atoms with Gasteiger partial charge in [-0.1, -0.05) is 0 Å². The molecule has 88 valence electrons. The highest BCUT2D eigenvalue weighted by molar-refractivity contribution is 5.03. The minimum Gasteiger partial charge on any atom is -0.383 e. The van der Waals surface area contributed by atoms with Crippen molar-refractivity contribution in [2.75, 3.05) is 40.0 Å². The van der Waals surface area contributed by atoms with Crippen molar-refractivity contribution in [1.82, 2.24) is 5.32 Å². The van der Waals surface area contributed by atoms with Crippen LogP contribution in [-0.4, -0.2) is 40.0 Å². The Labute approximate surface area is 92.5 Å². The second-order valence-corrected chi connectivity index (χ2v) is 4.93. The Morgan fingerprint density at radius 1 is 1.40 bits per heavy atom. The molecule has 15 heavy (non-hydrogen) atoms. The van der Waals surface area contributed by atoms with Gasteiger partial charge >= 0.3 is 0 Å². The first-order valence-corrected chi connectivity index (χ1v) is 6.15. The summed E-state index contributed by atoms with van der Waals surface area (Å²) in [6.45, 7) is 4.94. The molecular formula is C12H23NO2. The summed E-state index contributed by atoms with van der Waals surface area (Å²) >= 11 is 0. The molecule has 0 bridgehead atoms. The monoisotopic (exact) mass is 213 g/mol. The van der Waals surface area contributed by atoms with E-state index in [1.54, 1.807) is 7.11 Å². The molecule has 0 amide bonds. The molecule has 1 spiro atoms. The van der Waals surface area contributed by atoms with Crippen LogP contribution in [0.4, 0.5) is 0 Å². The van der Waals surface area contributed by atoms with Gasteiger partial charge in [0, 0.05) is 26.9 Å². The van der Waals surface area contributed by atoms with Gasteiger partial charge in [-0.2, -0.15) is 0 Å². The van der Waals surface area contributed by atoms with Crippen LogP contribution in [0.5, 0.6) is 0 Å². The summed E-state index contributed by atoms with van der Waals surface area (Å²) in [5, 5.41) is 3.47. The third kappa shape index (κ3) is 2.92. The van der Waals surface area contributed by atoms with Gasteiger partial charge < -0.3 is 14.8 Å². The first kappa shape index (κ1) is 11.4. The maximum absolute atomic E-state index is 5.52. The van der Waals surface area contributed by atoms with Crippen molar-refractivity contribution in [3.63, 3.8) is 0 Å². The van der Waals surface area contributed by atoms with Crippen molar-refractivity contribution >= 4 is 0 Å². The summed E-state index contributed by atoms with van der Waals surface area (Å²) in [5.74, 6) is 0.899. The van der Waals surface area contributed by atoms with Crippen molar-refractivity contribution in [2.24, 2.45) is 11.3 Å². The molecule has 1 aliphatic heterocycles. The third-order valence-corrected chi connectivity index (χ3v) is 3.94.